The maximum atomic E-state index is 12.1. The molecule has 0 aromatic heterocycles. The largest absolute Gasteiger partial charge is 0.478 e. The zero-order valence-electron chi connectivity index (χ0n) is 16.2. The van der Waals surface area contributed by atoms with Crippen molar-refractivity contribution in [1.29, 1.82) is 0 Å². The molecule has 138 valence electrons. The topological polar surface area (TPSA) is 74.6 Å². The summed E-state index contributed by atoms with van der Waals surface area (Å²) >= 11 is 0. The number of hydrogen-bond acceptors (Lipinski definition) is 2. The van der Waals surface area contributed by atoms with E-state index in [0.29, 0.717) is 22.3 Å². The predicted octanol–water partition coefficient (Wildman–Crippen LogP) is 5.35. The van der Waals surface area contributed by atoms with Crippen LogP contribution in [0.25, 0.3) is 11.1 Å². The maximum absolute atomic E-state index is 12.1. The van der Waals surface area contributed by atoms with Crippen molar-refractivity contribution in [3.8, 4) is 11.1 Å². The average molecular weight is 354 g/mol. The molecule has 0 unspecified atom stereocenters. The van der Waals surface area contributed by atoms with Gasteiger partial charge < -0.3 is 10.2 Å². The van der Waals surface area contributed by atoms with Gasteiger partial charge in [0, 0.05) is 0 Å². The molecule has 0 spiro atoms. The minimum absolute atomic E-state index is 0.161. The molecule has 2 rings (SSSR count). The minimum Gasteiger partial charge on any atom is -0.478 e. The van der Waals surface area contributed by atoms with Crippen LogP contribution in [0.15, 0.2) is 36.4 Å². The Hall–Kier alpha value is -2.62. The highest BCUT2D eigenvalue weighted by Crippen LogP contribution is 2.38. The van der Waals surface area contributed by atoms with Gasteiger partial charge >= 0.3 is 11.9 Å². The Bertz CT molecular complexity index is 791. The van der Waals surface area contributed by atoms with E-state index >= 15 is 0 Å². The molecule has 2 aromatic carbocycles. The van der Waals surface area contributed by atoms with Gasteiger partial charge in [0.15, 0.2) is 0 Å². The summed E-state index contributed by atoms with van der Waals surface area (Å²) in [7, 11) is 0. The van der Waals surface area contributed by atoms with Crippen molar-refractivity contribution in [2.45, 2.75) is 52.4 Å². The van der Waals surface area contributed by atoms with Gasteiger partial charge in [0.05, 0.1) is 11.1 Å². The van der Waals surface area contributed by atoms with Gasteiger partial charge in [0.2, 0.25) is 0 Å². The standard InChI is InChI=1S/C22H26O4/c1-21(2,3)15-11-7-9-13(17(15)19(23)24)14-10-8-12-16(22(4,5)6)18(14)20(25)26/h7-12H,1-6H3,(H,23,24)(H,25,26). The first-order valence-electron chi connectivity index (χ1n) is 8.59. The van der Waals surface area contributed by atoms with Crippen molar-refractivity contribution in [1.82, 2.24) is 0 Å². The lowest BCUT2D eigenvalue weighted by molar-refractivity contribution is 0.0681. The molecule has 0 fully saturated rings. The molecule has 4 nitrogen and oxygen atoms in total. The van der Waals surface area contributed by atoms with Crippen LogP contribution >= 0.6 is 0 Å². The fraction of sp³-hybridized carbons (Fsp3) is 0.364. The lowest BCUT2D eigenvalue weighted by atomic mass is 9.78. The Balaban J connectivity index is 2.95. The summed E-state index contributed by atoms with van der Waals surface area (Å²) in [6.45, 7) is 11.7. The summed E-state index contributed by atoms with van der Waals surface area (Å²) < 4.78 is 0. The average Bonchev–Trinajstić information content (AvgIpc) is 2.51. The van der Waals surface area contributed by atoms with Crippen molar-refractivity contribution in [3.63, 3.8) is 0 Å². The van der Waals surface area contributed by atoms with Gasteiger partial charge in [-0.2, -0.15) is 0 Å². The molecule has 0 aliphatic rings. The van der Waals surface area contributed by atoms with Crippen LogP contribution in [0.5, 0.6) is 0 Å². The Kier molecular flexibility index (Phi) is 5.00. The highest BCUT2D eigenvalue weighted by Gasteiger charge is 2.29. The maximum Gasteiger partial charge on any atom is 0.336 e. The second kappa shape index (κ2) is 6.60. The molecule has 0 aliphatic carbocycles. The summed E-state index contributed by atoms with van der Waals surface area (Å²) in [4.78, 5) is 24.2. The molecule has 0 aliphatic heterocycles. The van der Waals surface area contributed by atoms with E-state index in [9.17, 15) is 19.8 Å². The summed E-state index contributed by atoms with van der Waals surface area (Å²) in [5.74, 6) is -2.11. The number of hydrogen-bond donors (Lipinski definition) is 2. The number of carboxylic acid groups (broad SMARTS) is 2. The van der Waals surface area contributed by atoms with Crippen molar-refractivity contribution < 1.29 is 19.8 Å². The first kappa shape index (κ1) is 19.7. The van der Waals surface area contributed by atoms with E-state index in [1.54, 1.807) is 36.4 Å². The van der Waals surface area contributed by atoms with Crippen LogP contribution in [0.2, 0.25) is 0 Å². The van der Waals surface area contributed by atoms with Crippen LogP contribution in [-0.4, -0.2) is 22.2 Å². The van der Waals surface area contributed by atoms with E-state index in [1.165, 1.54) is 0 Å². The normalized spacial score (nSPS) is 12.1. The summed E-state index contributed by atoms with van der Waals surface area (Å²) in [6, 6.07) is 10.5. The van der Waals surface area contributed by atoms with E-state index in [2.05, 4.69) is 0 Å². The van der Waals surface area contributed by atoms with Crippen LogP contribution in [0.3, 0.4) is 0 Å². The Morgan fingerprint density at radius 1 is 0.654 bits per heavy atom. The van der Waals surface area contributed by atoms with E-state index in [0.717, 1.165) is 0 Å². The molecule has 0 heterocycles. The third-order valence-corrected chi connectivity index (χ3v) is 4.46. The van der Waals surface area contributed by atoms with Crippen molar-refractivity contribution in [2.24, 2.45) is 0 Å². The van der Waals surface area contributed by atoms with Crippen LogP contribution in [-0.2, 0) is 10.8 Å². The van der Waals surface area contributed by atoms with Crippen LogP contribution in [0.1, 0.15) is 73.4 Å². The van der Waals surface area contributed by atoms with E-state index in [4.69, 9.17) is 0 Å². The van der Waals surface area contributed by atoms with Crippen LogP contribution < -0.4 is 0 Å². The molecule has 0 amide bonds. The SMILES string of the molecule is CC(C)(C)c1cccc(-c2cccc(C(C)(C)C)c2C(=O)O)c1C(=O)O. The summed E-state index contributed by atoms with van der Waals surface area (Å²) in [6.07, 6.45) is 0. The van der Waals surface area contributed by atoms with Gasteiger partial charge in [-0.05, 0) is 33.1 Å². The van der Waals surface area contributed by atoms with Gasteiger partial charge in [-0.1, -0.05) is 77.9 Å². The predicted molar refractivity (Wildman–Crippen MR) is 103 cm³/mol. The molecule has 2 N–H and O–H groups in total. The lowest BCUT2D eigenvalue weighted by Crippen LogP contribution is -2.20. The number of benzene rings is 2. The van der Waals surface area contributed by atoms with E-state index in [-0.39, 0.29) is 22.0 Å². The first-order chi connectivity index (χ1) is 11.9. The molecular formula is C22H26O4. The molecule has 0 saturated carbocycles. The second-order valence-electron chi connectivity index (χ2n) is 8.57. The Morgan fingerprint density at radius 2 is 0.962 bits per heavy atom. The van der Waals surface area contributed by atoms with Gasteiger partial charge in [0.1, 0.15) is 0 Å². The fourth-order valence-corrected chi connectivity index (χ4v) is 3.26. The Labute approximate surface area is 154 Å². The third-order valence-electron chi connectivity index (χ3n) is 4.46. The number of carbonyl (C=O) groups is 2. The minimum atomic E-state index is -1.05. The van der Waals surface area contributed by atoms with Crippen LogP contribution in [0, 0.1) is 0 Å². The highest BCUT2D eigenvalue weighted by atomic mass is 16.4. The van der Waals surface area contributed by atoms with Gasteiger partial charge in [-0.15, -0.1) is 0 Å². The van der Waals surface area contributed by atoms with Crippen molar-refractivity contribution in [3.05, 3.63) is 58.7 Å². The van der Waals surface area contributed by atoms with Gasteiger partial charge in [-0.3, -0.25) is 0 Å². The number of aromatic carboxylic acids is 2. The molecule has 0 atom stereocenters. The van der Waals surface area contributed by atoms with Crippen molar-refractivity contribution in [2.75, 3.05) is 0 Å². The van der Waals surface area contributed by atoms with Crippen molar-refractivity contribution >= 4 is 11.9 Å². The fourth-order valence-electron chi connectivity index (χ4n) is 3.26. The Morgan fingerprint density at radius 3 is 1.19 bits per heavy atom. The third kappa shape index (κ3) is 3.64. The molecule has 0 bridgehead atoms. The van der Waals surface area contributed by atoms with Gasteiger partial charge in [-0.25, -0.2) is 9.59 Å². The molecule has 26 heavy (non-hydrogen) atoms. The second-order valence-corrected chi connectivity index (χ2v) is 8.57. The van der Waals surface area contributed by atoms with E-state index in [1.807, 2.05) is 41.5 Å². The lowest BCUT2D eigenvalue weighted by Gasteiger charge is -2.26. The van der Waals surface area contributed by atoms with Gasteiger partial charge in [0.25, 0.3) is 0 Å². The molecule has 4 heteroatoms. The molecule has 0 saturated heterocycles. The quantitative estimate of drug-likeness (QED) is 0.779. The molecule has 0 radical (unpaired) electrons. The number of carboxylic acids is 2. The molecule has 2 aromatic rings. The summed E-state index contributed by atoms with van der Waals surface area (Å²) in [5, 5.41) is 19.8. The monoisotopic (exact) mass is 354 g/mol. The zero-order chi connectivity index (χ0) is 19.9. The smallest absolute Gasteiger partial charge is 0.336 e. The summed E-state index contributed by atoms with van der Waals surface area (Å²) in [5.41, 5.74) is 1.80. The van der Waals surface area contributed by atoms with E-state index < -0.39 is 11.9 Å². The first-order valence-corrected chi connectivity index (χ1v) is 8.59. The van der Waals surface area contributed by atoms with Crippen LogP contribution in [0.4, 0.5) is 0 Å². The molecular weight excluding hydrogens is 328 g/mol. The number of rotatable bonds is 3. The zero-order valence-corrected chi connectivity index (χ0v) is 16.2. The highest BCUT2D eigenvalue weighted by molar-refractivity contribution is 6.04.